The highest BCUT2D eigenvalue weighted by atomic mass is 19.2. The maximum Gasteiger partial charge on any atom is 0.166 e. The van der Waals surface area contributed by atoms with E-state index in [1.54, 1.807) is 0 Å². The lowest BCUT2D eigenvalue weighted by Crippen LogP contribution is -2.19. The van der Waals surface area contributed by atoms with Crippen molar-refractivity contribution < 1.29 is 13.9 Å². The molecule has 15 heavy (non-hydrogen) atoms. The zero-order valence-electron chi connectivity index (χ0n) is 8.80. The van der Waals surface area contributed by atoms with E-state index in [4.69, 9.17) is 5.73 Å². The lowest BCUT2D eigenvalue weighted by molar-refractivity contribution is 0.405. The molecule has 0 radical (unpaired) electrons. The van der Waals surface area contributed by atoms with E-state index in [0.717, 1.165) is 12.1 Å². The molecule has 1 unspecified atom stereocenters. The molecule has 1 aromatic carbocycles. The molecule has 0 saturated carbocycles. The predicted molar refractivity (Wildman–Crippen MR) is 54.7 cm³/mol. The molecule has 0 saturated heterocycles. The average molecular weight is 215 g/mol. The summed E-state index contributed by atoms with van der Waals surface area (Å²) < 4.78 is 26.5. The van der Waals surface area contributed by atoms with E-state index in [1.807, 2.05) is 13.8 Å². The maximum atomic E-state index is 13.5. The molecule has 1 atom stereocenters. The van der Waals surface area contributed by atoms with Crippen molar-refractivity contribution in [3.8, 4) is 5.75 Å². The number of benzene rings is 1. The largest absolute Gasteiger partial charge is 0.508 e. The fourth-order valence-corrected chi connectivity index (χ4v) is 1.63. The van der Waals surface area contributed by atoms with Crippen molar-refractivity contribution in [2.75, 3.05) is 6.54 Å². The summed E-state index contributed by atoms with van der Waals surface area (Å²) in [7, 11) is 0. The van der Waals surface area contributed by atoms with Crippen LogP contribution in [0, 0.1) is 17.6 Å². The van der Waals surface area contributed by atoms with Crippen molar-refractivity contribution in [3.05, 3.63) is 29.3 Å². The van der Waals surface area contributed by atoms with Gasteiger partial charge < -0.3 is 10.8 Å². The second-order valence-electron chi connectivity index (χ2n) is 3.88. The van der Waals surface area contributed by atoms with Gasteiger partial charge in [-0.25, -0.2) is 8.78 Å². The van der Waals surface area contributed by atoms with Crippen LogP contribution in [0.15, 0.2) is 12.1 Å². The minimum Gasteiger partial charge on any atom is -0.508 e. The van der Waals surface area contributed by atoms with E-state index in [-0.39, 0.29) is 29.7 Å². The van der Waals surface area contributed by atoms with Gasteiger partial charge in [0.25, 0.3) is 0 Å². The van der Waals surface area contributed by atoms with Crippen molar-refractivity contribution in [2.24, 2.45) is 11.7 Å². The second-order valence-corrected chi connectivity index (χ2v) is 3.88. The van der Waals surface area contributed by atoms with Crippen molar-refractivity contribution in [1.29, 1.82) is 0 Å². The highest BCUT2D eigenvalue weighted by molar-refractivity contribution is 5.37. The molecule has 3 N–H and O–H groups in total. The molecule has 1 aromatic rings. The molecule has 0 bridgehead atoms. The van der Waals surface area contributed by atoms with Crippen LogP contribution in [0.1, 0.15) is 25.3 Å². The number of hydrogen-bond donors (Lipinski definition) is 2. The van der Waals surface area contributed by atoms with Crippen LogP contribution in [-0.2, 0) is 0 Å². The predicted octanol–water partition coefficient (Wildman–Crippen LogP) is 2.37. The van der Waals surface area contributed by atoms with E-state index in [0.29, 0.717) is 0 Å². The molecule has 2 nitrogen and oxygen atoms in total. The van der Waals surface area contributed by atoms with Crippen LogP contribution in [-0.4, -0.2) is 11.7 Å². The van der Waals surface area contributed by atoms with E-state index >= 15 is 0 Å². The smallest absolute Gasteiger partial charge is 0.166 e. The fourth-order valence-electron chi connectivity index (χ4n) is 1.63. The quantitative estimate of drug-likeness (QED) is 0.813. The molecule has 0 amide bonds. The molecule has 0 fully saturated rings. The normalized spacial score (nSPS) is 13.2. The van der Waals surface area contributed by atoms with Crippen LogP contribution >= 0.6 is 0 Å². The highest BCUT2D eigenvalue weighted by Gasteiger charge is 2.23. The number of rotatable bonds is 3. The lowest BCUT2D eigenvalue weighted by Gasteiger charge is -2.21. The summed E-state index contributed by atoms with van der Waals surface area (Å²) in [5.74, 6) is -2.53. The Labute approximate surface area is 87.7 Å². The third-order valence-electron chi connectivity index (χ3n) is 2.54. The van der Waals surface area contributed by atoms with Crippen LogP contribution in [0.4, 0.5) is 8.78 Å². The monoisotopic (exact) mass is 215 g/mol. The Balaban J connectivity index is 3.27. The first-order chi connectivity index (χ1) is 6.99. The molecule has 0 aromatic heterocycles. The summed E-state index contributed by atoms with van der Waals surface area (Å²) in [5, 5.41) is 9.50. The first kappa shape index (κ1) is 11.9. The van der Waals surface area contributed by atoms with Gasteiger partial charge in [-0.3, -0.25) is 0 Å². The molecule has 0 aliphatic carbocycles. The summed E-state index contributed by atoms with van der Waals surface area (Å²) in [6.45, 7) is 3.87. The van der Waals surface area contributed by atoms with Gasteiger partial charge in [-0.15, -0.1) is 0 Å². The minimum absolute atomic E-state index is 0.0208. The molecule has 4 heteroatoms. The highest BCUT2D eigenvalue weighted by Crippen LogP contribution is 2.33. The number of halogens is 2. The Morgan fingerprint density at radius 2 is 1.93 bits per heavy atom. The molecule has 0 spiro atoms. The van der Waals surface area contributed by atoms with Gasteiger partial charge in [-0.2, -0.15) is 0 Å². The van der Waals surface area contributed by atoms with Crippen molar-refractivity contribution in [1.82, 2.24) is 0 Å². The van der Waals surface area contributed by atoms with Crippen LogP contribution in [0.25, 0.3) is 0 Å². The summed E-state index contributed by atoms with van der Waals surface area (Å²) in [5.41, 5.74) is 5.47. The summed E-state index contributed by atoms with van der Waals surface area (Å²) in [6, 6.07) is 2.06. The van der Waals surface area contributed by atoms with E-state index < -0.39 is 11.6 Å². The lowest BCUT2D eigenvalue weighted by atomic mass is 9.87. The van der Waals surface area contributed by atoms with Gasteiger partial charge >= 0.3 is 0 Å². The van der Waals surface area contributed by atoms with Gasteiger partial charge in [0.1, 0.15) is 5.75 Å². The second kappa shape index (κ2) is 4.57. The van der Waals surface area contributed by atoms with Crippen LogP contribution < -0.4 is 5.73 Å². The Hall–Kier alpha value is -1.16. The summed E-state index contributed by atoms with van der Waals surface area (Å²) >= 11 is 0. The van der Waals surface area contributed by atoms with Crippen molar-refractivity contribution >= 4 is 0 Å². The third kappa shape index (κ3) is 2.26. The zero-order valence-corrected chi connectivity index (χ0v) is 8.80. The number of nitrogens with two attached hydrogens (primary N) is 1. The molecule has 84 valence electrons. The molecular weight excluding hydrogens is 200 g/mol. The van der Waals surface area contributed by atoms with E-state index in [9.17, 15) is 13.9 Å². The number of phenolic OH excluding ortho intramolecular Hbond substituents is 1. The SMILES string of the molecule is CC(C)C(CN)c1c(O)ccc(F)c1F. The molecule has 0 heterocycles. The van der Waals surface area contributed by atoms with Gasteiger partial charge in [0.05, 0.1) is 0 Å². The van der Waals surface area contributed by atoms with Crippen molar-refractivity contribution in [2.45, 2.75) is 19.8 Å². The Morgan fingerprint density at radius 3 is 2.40 bits per heavy atom. The Morgan fingerprint density at radius 1 is 1.33 bits per heavy atom. The fraction of sp³-hybridized carbons (Fsp3) is 0.455. The molecule has 0 aliphatic rings. The van der Waals surface area contributed by atoms with Crippen LogP contribution in [0.2, 0.25) is 0 Å². The third-order valence-corrected chi connectivity index (χ3v) is 2.54. The maximum absolute atomic E-state index is 13.5. The zero-order chi connectivity index (χ0) is 11.6. The molecule has 0 aliphatic heterocycles. The van der Waals surface area contributed by atoms with Crippen molar-refractivity contribution in [3.63, 3.8) is 0 Å². The van der Waals surface area contributed by atoms with Gasteiger partial charge in [0, 0.05) is 11.5 Å². The number of phenols is 1. The van der Waals surface area contributed by atoms with Gasteiger partial charge in [-0.05, 0) is 24.6 Å². The van der Waals surface area contributed by atoms with E-state index in [1.165, 1.54) is 0 Å². The van der Waals surface area contributed by atoms with Gasteiger partial charge in [0.15, 0.2) is 11.6 Å². The Bertz CT molecular complexity index is 353. The topological polar surface area (TPSA) is 46.2 Å². The van der Waals surface area contributed by atoms with Gasteiger partial charge in [0.2, 0.25) is 0 Å². The first-order valence-electron chi connectivity index (χ1n) is 4.86. The first-order valence-corrected chi connectivity index (χ1v) is 4.86. The van der Waals surface area contributed by atoms with E-state index in [2.05, 4.69) is 0 Å². The summed E-state index contributed by atoms with van der Waals surface area (Å²) in [6.07, 6.45) is 0. The number of hydrogen-bond acceptors (Lipinski definition) is 2. The average Bonchev–Trinajstić information content (AvgIpc) is 2.18. The van der Waals surface area contributed by atoms with Gasteiger partial charge in [-0.1, -0.05) is 13.8 Å². The number of aromatic hydroxyl groups is 1. The molecular formula is C11H15F2NO. The van der Waals surface area contributed by atoms with Crippen LogP contribution in [0.5, 0.6) is 5.75 Å². The summed E-state index contributed by atoms with van der Waals surface area (Å²) in [4.78, 5) is 0. The standard InChI is InChI=1S/C11H15F2NO/c1-6(2)7(5-14)10-9(15)4-3-8(12)11(10)13/h3-4,6-7,15H,5,14H2,1-2H3. The van der Waals surface area contributed by atoms with Crippen LogP contribution in [0.3, 0.4) is 0 Å². The minimum atomic E-state index is -1.00. The Kier molecular flexibility index (Phi) is 3.63. The molecule has 1 rings (SSSR count).